The molecule has 1 heterocycles. The first-order valence-electron chi connectivity index (χ1n) is 6.96. The number of benzene rings is 1. The average molecular weight is 261 g/mol. The van der Waals surface area contributed by atoms with Crippen molar-refractivity contribution >= 4 is 5.91 Å². The van der Waals surface area contributed by atoms with E-state index in [0.29, 0.717) is 25.8 Å². The van der Waals surface area contributed by atoms with Gasteiger partial charge in [0.05, 0.1) is 0 Å². The fourth-order valence-electron chi connectivity index (χ4n) is 2.40. The minimum atomic E-state index is 0.266. The van der Waals surface area contributed by atoms with E-state index in [2.05, 4.69) is 0 Å². The lowest BCUT2D eigenvalue weighted by molar-refractivity contribution is -0.132. The van der Waals surface area contributed by atoms with Crippen LogP contribution >= 0.6 is 0 Å². The van der Waals surface area contributed by atoms with E-state index in [4.69, 9.17) is 9.47 Å². The Hall–Kier alpha value is -1.71. The van der Waals surface area contributed by atoms with Crippen LogP contribution in [0.15, 0.2) is 18.2 Å². The topological polar surface area (TPSA) is 38.8 Å². The second-order valence-corrected chi connectivity index (χ2v) is 5.19. The molecule has 0 spiro atoms. The van der Waals surface area contributed by atoms with Crippen LogP contribution in [0.3, 0.4) is 0 Å². The highest BCUT2D eigenvalue weighted by Gasteiger charge is 2.32. The van der Waals surface area contributed by atoms with Crippen molar-refractivity contribution in [3.63, 3.8) is 0 Å². The number of hydrogen-bond donors (Lipinski definition) is 0. The van der Waals surface area contributed by atoms with E-state index in [1.165, 1.54) is 0 Å². The SMILES string of the molecule is CCCC(=O)N(Cc1ccc2c(c1)OCO2)C1CC1. The fraction of sp³-hybridized carbons (Fsp3) is 0.533. The van der Waals surface area contributed by atoms with Gasteiger partial charge in [-0.2, -0.15) is 0 Å². The smallest absolute Gasteiger partial charge is 0.231 e. The van der Waals surface area contributed by atoms with E-state index in [0.717, 1.165) is 36.3 Å². The van der Waals surface area contributed by atoms with Crippen molar-refractivity contribution in [3.8, 4) is 11.5 Å². The number of amides is 1. The standard InChI is InChI=1S/C15H19NO3/c1-2-3-15(17)16(12-5-6-12)9-11-4-7-13-14(8-11)19-10-18-13/h4,7-8,12H,2-3,5-6,9-10H2,1H3. The Balaban J connectivity index is 1.73. The lowest BCUT2D eigenvalue weighted by Gasteiger charge is -2.22. The van der Waals surface area contributed by atoms with Gasteiger partial charge in [-0.1, -0.05) is 13.0 Å². The summed E-state index contributed by atoms with van der Waals surface area (Å²) in [5, 5.41) is 0. The van der Waals surface area contributed by atoms with Crippen molar-refractivity contribution in [2.45, 2.75) is 45.2 Å². The maximum atomic E-state index is 12.1. The Morgan fingerprint density at radius 1 is 1.32 bits per heavy atom. The van der Waals surface area contributed by atoms with Crippen LogP contribution in [-0.2, 0) is 11.3 Å². The molecule has 1 fully saturated rings. The molecule has 1 aromatic carbocycles. The van der Waals surface area contributed by atoms with Crippen LogP contribution in [0, 0.1) is 0 Å². The molecule has 1 amide bonds. The quantitative estimate of drug-likeness (QED) is 0.818. The number of carbonyl (C=O) groups excluding carboxylic acids is 1. The number of rotatable bonds is 5. The van der Waals surface area contributed by atoms with Crippen LogP contribution in [0.5, 0.6) is 11.5 Å². The predicted octanol–water partition coefficient (Wildman–Crippen LogP) is 2.71. The van der Waals surface area contributed by atoms with Gasteiger partial charge in [-0.25, -0.2) is 0 Å². The van der Waals surface area contributed by atoms with Crippen molar-refractivity contribution in [1.29, 1.82) is 0 Å². The molecule has 0 unspecified atom stereocenters. The van der Waals surface area contributed by atoms with Gasteiger partial charge in [-0.3, -0.25) is 4.79 Å². The normalized spacial score (nSPS) is 16.5. The summed E-state index contributed by atoms with van der Waals surface area (Å²) < 4.78 is 10.7. The van der Waals surface area contributed by atoms with Crippen LogP contribution in [0.1, 0.15) is 38.2 Å². The fourth-order valence-corrected chi connectivity index (χ4v) is 2.40. The molecule has 0 bridgehead atoms. The molecule has 4 heteroatoms. The minimum absolute atomic E-state index is 0.266. The first kappa shape index (κ1) is 12.3. The van der Waals surface area contributed by atoms with Gasteiger partial charge in [-0.05, 0) is 37.0 Å². The first-order valence-corrected chi connectivity index (χ1v) is 6.96. The second-order valence-electron chi connectivity index (χ2n) is 5.19. The molecule has 3 rings (SSSR count). The highest BCUT2D eigenvalue weighted by molar-refractivity contribution is 5.76. The van der Waals surface area contributed by atoms with Crippen molar-refractivity contribution < 1.29 is 14.3 Å². The van der Waals surface area contributed by atoms with Crippen LogP contribution in [0.4, 0.5) is 0 Å². The molecule has 1 aliphatic carbocycles. The molecule has 19 heavy (non-hydrogen) atoms. The summed E-state index contributed by atoms with van der Waals surface area (Å²) in [4.78, 5) is 14.1. The maximum absolute atomic E-state index is 12.1. The van der Waals surface area contributed by atoms with Crippen molar-refractivity contribution in [3.05, 3.63) is 23.8 Å². The molecule has 1 aromatic rings. The number of ether oxygens (including phenoxy) is 2. The van der Waals surface area contributed by atoms with Gasteiger partial charge in [0.15, 0.2) is 11.5 Å². The van der Waals surface area contributed by atoms with E-state index >= 15 is 0 Å². The first-order chi connectivity index (χ1) is 9.28. The maximum Gasteiger partial charge on any atom is 0.231 e. The molecule has 0 radical (unpaired) electrons. The molecular formula is C15H19NO3. The summed E-state index contributed by atoms with van der Waals surface area (Å²) in [5.74, 6) is 1.85. The third-order valence-corrected chi connectivity index (χ3v) is 3.56. The molecule has 4 nitrogen and oxygen atoms in total. The largest absolute Gasteiger partial charge is 0.454 e. The Kier molecular flexibility index (Phi) is 3.32. The van der Waals surface area contributed by atoms with Crippen LogP contribution in [0.2, 0.25) is 0 Å². The van der Waals surface area contributed by atoms with Gasteiger partial charge in [0.1, 0.15) is 0 Å². The third-order valence-electron chi connectivity index (χ3n) is 3.56. The van der Waals surface area contributed by atoms with Crippen molar-refractivity contribution in [1.82, 2.24) is 4.90 Å². The van der Waals surface area contributed by atoms with Gasteiger partial charge in [0.2, 0.25) is 12.7 Å². The van der Waals surface area contributed by atoms with E-state index < -0.39 is 0 Å². The summed E-state index contributed by atoms with van der Waals surface area (Å²) in [7, 11) is 0. The zero-order valence-electron chi connectivity index (χ0n) is 11.2. The summed E-state index contributed by atoms with van der Waals surface area (Å²) in [6, 6.07) is 6.37. The average Bonchev–Trinajstić information content (AvgIpc) is 3.13. The van der Waals surface area contributed by atoms with Crippen molar-refractivity contribution in [2.75, 3.05) is 6.79 Å². The summed E-state index contributed by atoms with van der Waals surface area (Å²) >= 11 is 0. The highest BCUT2D eigenvalue weighted by atomic mass is 16.7. The number of hydrogen-bond acceptors (Lipinski definition) is 3. The molecule has 1 aliphatic heterocycles. The van der Waals surface area contributed by atoms with E-state index in [1.54, 1.807) is 0 Å². The Bertz CT molecular complexity index is 482. The Morgan fingerprint density at radius 2 is 2.11 bits per heavy atom. The van der Waals surface area contributed by atoms with Gasteiger partial charge in [0, 0.05) is 19.0 Å². The van der Waals surface area contributed by atoms with E-state index in [-0.39, 0.29) is 5.91 Å². The van der Waals surface area contributed by atoms with Gasteiger partial charge >= 0.3 is 0 Å². The number of nitrogens with zero attached hydrogens (tertiary/aromatic N) is 1. The van der Waals surface area contributed by atoms with E-state index in [1.807, 2.05) is 30.0 Å². The number of fused-ring (bicyclic) bond motifs is 1. The second kappa shape index (κ2) is 5.11. The highest BCUT2D eigenvalue weighted by Crippen LogP contribution is 2.34. The van der Waals surface area contributed by atoms with Crippen molar-refractivity contribution in [2.24, 2.45) is 0 Å². The predicted molar refractivity (Wildman–Crippen MR) is 71.0 cm³/mol. The van der Waals surface area contributed by atoms with Gasteiger partial charge in [-0.15, -0.1) is 0 Å². The lowest BCUT2D eigenvalue weighted by Crippen LogP contribution is -2.32. The number of carbonyl (C=O) groups is 1. The Morgan fingerprint density at radius 3 is 2.84 bits per heavy atom. The molecule has 0 N–H and O–H groups in total. The molecule has 1 saturated carbocycles. The van der Waals surface area contributed by atoms with Crippen LogP contribution in [-0.4, -0.2) is 23.6 Å². The van der Waals surface area contributed by atoms with Gasteiger partial charge < -0.3 is 14.4 Å². The molecule has 102 valence electrons. The zero-order chi connectivity index (χ0) is 13.2. The molecular weight excluding hydrogens is 242 g/mol. The zero-order valence-corrected chi connectivity index (χ0v) is 11.2. The monoisotopic (exact) mass is 261 g/mol. The molecule has 0 atom stereocenters. The minimum Gasteiger partial charge on any atom is -0.454 e. The van der Waals surface area contributed by atoms with Crippen LogP contribution in [0.25, 0.3) is 0 Å². The van der Waals surface area contributed by atoms with Gasteiger partial charge in [0.25, 0.3) is 0 Å². The molecule has 0 aromatic heterocycles. The summed E-state index contributed by atoms with van der Waals surface area (Å²) in [5.41, 5.74) is 1.11. The summed E-state index contributed by atoms with van der Waals surface area (Å²) in [6.07, 6.45) is 3.82. The lowest BCUT2D eigenvalue weighted by atomic mass is 10.1. The third kappa shape index (κ3) is 2.67. The van der Waals surface area contributed by atoms with Crippen LogP contribution < -0.4 is 9.47 Å². The molecule has 2 aliphatic rings. The van der Waals surface area contributed by atoms with E-state index in [9.17, 15) is 4.79 Å². The summed E-state index contributed by atoms with van der Waals surface area (Å²) in [6.45, 7) is 3.02. The molecule has 0 saturated heterocycles. The Labute approximate surface area is 113 Å².